The molecule has 19 heteroatoms. The smallest absolute Gasteiger partial charge is 0.452 e. The fraction of sp³-hybridized carbons (Fsp3) is 0.382. The summed E-state index contributed by atoms with van der Waals surface area (Å²) in [7, 11) is 0.943. The Morgan fingerprint density at radius 1 is 1.00 bits per heavy atom. The van der Waals surface area contributed by atoms with Crippen LogP contribution in [-0.4, -0.2) is 82.2 Å². The third kappa shape index (κ3) is 11.5. The van der Waals surface area contributed by atoms with Gasteiger partial charge in [-0.25, -0.2) is 23.3 Å². The molecule has 0 aromatic heterocycles. The zero-order chi connectivity index (χ0) is 38.9. The standard InChI is InChI=1S/C34H34F8N4O7/c1-50-32(49)46(30(47)29(43)28(19-9-11-20(35)12-10-19)24-5-2-3-8-27(24)53-34(40,41)42)26-7-4-6-25(36)23(26)14-13-22-15-44-21(16-51-22)17-52-31(48)45-18-33(37,38)39/h2-12,21-22,28-29,44H,13-18,43H2,1H3,(H,45,48)/t21-,22+,28-,29-/m0/s1. The molecule has 11 nitrogen and oxygen atoms in total. The molecule has 4 rings (SSSR count). The highest BCUT2D eigenvalue weighted by atomic mass is 19.4. The number of nitrogens with zero attached hydrogens (tertiary/aromatic N) is 1. The topological polar surface area (TPSA) is 141 Å². The van der Waals surface area contributed by atoms with Crippen molar-refractivity contribution in [2.45, 2.75) is 49.5 Å². The van der Waals surface area contributed by atoms with E-state index in [1.165, 1.54) is 42.5 Å². The van der Waals surface area contributed by atoms with Gasteiger partial charge in [0.25, 0.3) is 5.91 Å². The van der Waals surface area contributed by atoms with E-state index in [9.17, 15) is 45.1 Å². The van der Waals surface area contributed by atoms with Crippen molar-refractivity contribution >= 4 is 23.8 Å². The van der Waals surface area contributed by atoms with Crippen LogP contribution >= 0.6 is 0 Å². The maximum atomic E-state index is 15.4. The van der Waals surface area contributed by atoms with Crippen LogP contribution in [0.1, 0.15) is 29.0 Å². The molecule has 3 amide bonds. The Morgan fingerprint density at radius 3 is 2.32 bits per heavy atom. The Balaban J connectivity index is 1.55. The van der Waals surface area contributed by atoms with E-state index in [1.807, 2.05) is 0 Å². The molecule has 3 aromatic rings. The molecule has 288 valence electrons. The molecule has 4 N–H and O–H groups in total. The maximum Gasteiger partial charge on any atom is 0.573 e. The van der Waals surface area contributed by atoms with Gasteiger partial charge < -0.3 is 35.3 Å². The molecule has 0 spiro atoms. The number of carbonyl (C=O) groups is 3. The van der Waals surface area contributed by atoms with E-state index < -0.39 is 78.7 Å². The van der Waals surface area contributed by atoms with E-state index >= 15 is 4.39 Å². The van der Waals surface area contributed by atoms with Crippen LogP contribution in [-0.2, 0) is 25.4 Å². The van der Waals surface area contributed by atoms with Gasteiger partial charge in [-0.2, -0.15) is 13.2 Å². The number of alkyl carbamates (subject to hydrolysis) is 1. The average Bonchev–Trinajstić information content (AvgIpc) is 3.10. The molecule has 53 heavy (non-hydrogen) atoms. The van der Waals surface area contributed by atoms with Crippen LogP contribution in [0.25, 0.3) is 0 Å². The van der Waals surface area contributed by atoms with Crippen LogP contribution < -0.4 is 26.0 Å². The molecule has 3 aromatic carbocycles. The SMILES string of the molecule is COC(=O)N(C(=O)[C@@H](N)[C@@H](c1ccc(F)cc1)c1ccccc1OC(F)(F)F)c1cccc(F)c1CC[C@@H]1CN[C@H](COC(=O)NCC(F)(F)F)CO1. The summed E-state index contributed by atoms with van der Waals surface area (Å²) in [5.41, 5.74) is 5.89. The number of alkyl halides is 6. The third-order valence-electron chi connectivity index (χ3n) is 8.00. The summed E-state index contributed by atoms with van der Waals surface area (Å²) >= 11 is 0. The molecule has 1 aliphatic heterocycles. The van der Waals surface area contributed by atoms with Crippen molar-refractivity contribution in [3.63, 3.8) is 0 Å². The van der Waals surface area contributed by atoms with Gasteiger partial charge in [0.15, 0.2) is 0 Å². The second-order valence-electron chi connectivity index (χ2n) is 11.7. The van der Waals surface area contributed by atoms with Crippen molar-refractivity contribution in [2.75, 3.05) is 38.3 Å². The molecule has 0 bridgehead atoms. The molecule has 1 heterocycles. The number of morpholine rings is 1. The van der Waals surface area contributed by atoms with Crippen molar-refractivity contribution in [2.24, 2.45) is 5.73 Å². The van der Waals surface area contributed by atoms with Crippen molar-refractivity contribution in [1.29, 1.82) is 0 Å². The number of carbonyl (C=O) groups excluding carboxylic acids is 3. The first-order valence-corrected chi connectivity index (χ1v) is 15.8. The van der Waals surface area contributed by atoms with Crippen LogP contribution in [0.2, 0.25) is 0 Å². The summed E-state index contributed by atoms with van der Waals surface area (Å²) in [5.74, 6) is -4.91. The number of imide groups is 1. The lowest BCUT2D eigenvalue weighted by molar-refractivity contribution is -0.275. The summed E-state index contributed by atoms with van der Waals surface area (Å²) in [6, 6.07) is 10.3. The van der Waals surface area contributed by atoms with E-state index in [-0.39, 0.29) is 55.0 Å². The van der Waals surface area contributed by atoms with Gasteiger partial charge in [0.05, 0.1) is 37.6 Å². The minimum Gasteiger partial charge on any atom is -0.452 e. The predicted octanol–water partition coefficient (Wildman–Crippen LogP) is 5.70. The van der Waals surface area contributed by atoms with Gasteiger partial charge in [-0.1, -0.05) is 36.4 Å². The summed E-state index contributed by atoms with van der Waals surface area (Å²) in [6.07, 6.45) is -12.9. The number of nitrogens with two attached hydrogens (primary N) is 1. The number of methoxy groups -OCH3 is 1. The number of ether oxygens (including phenoxy) is 4. The second kappa shape index (κ2) is 17.7. The molecule has 0 radical (unpaired) electrons. The molecular weight excluding hydrogens is 728 g/mol. The van der Waals surface area contributed by atoms with Gasteiger partial charge >= 0.3 is 24.7 Å². The minimum atomic E-state index is -5.14. The van der Waals surface area contributed by atoms with Crippen molar-refractivity contribution in [1.82, 2.24) is 10.6 Å². The van der Waals surface area contributed by atoms with Gasteiger partial charge in [0.2, 0.25) is 0 Å². The summed E-state index contributed by atoms with van der Waals surface area (Å²) < 4.78 is 126. The zero-order valence-electron chi connectivity index (χ0n) is 27.8. The van der Waals surface area contributed by atoms with Gasteiger partial charge in [0, 0.05) is 23.6 Å². The van der Waals surface area contributed by atoms with E-state index in [2.05, 4.69) is 10.1 Å². The summed E-state index contributed by atoms with van der Waals surface area (Å²) in [6.45, 7) is -1.76. The van der Waals surface area contributed by atoms with Gasteiger partial charge in [-0.3, -0.25) is 4.79 Å². The summed E-state index contributed by atoms with van der Waals surface area (Å²) in [4.78, 5) is 39.4. The first-order valence-electron chi connectivity index (χ1n) is 15.8. The molecule has 0 unspecified atom stereocenters. The molecular formula is C34H34F8N4O7. The lowest BCUT2D eigenvalue weighted by Crippen LogP contribution is -2.50. The van der Waals surface area contributed by atoms with Crippen LogP contribution in [0.3, 0.4) is 0 Å². The monoisotopic (exact) mass is 762 g/mol. The van der Waals surface area contributed by atoms with E-state index in [0.29, 0.717) is 4.90 Å². The van der Waals surface area contributed by atoms with Crippen molar-refractivity contribution < 1.29 is 68.5 Å². The van der Waals surface area contributed by atoms with Crippen LogP contribution in [0.15, 0.2) is 66.7 Å². The number of para-hydroxylation sites is 1. The van der Waals surface area contributed by atoms with Crippen molar-refractivity contribution in [3.8, 4) is 5.75 Å². The Hall–Kier alpha value is -5.01. The van der Waals surface area contributed by atoms with E-state index in [1.54, 1.807) is 5.32 Å². The molecule has 1 aliphatic rings. The zero-order valence-corrected chi connectivity index (χ0v) is 27.8. The number of halogens is 8. The average molecular weight is 763 g/mol. The largest absolute Gasteiger partial charge is 0.573 e. The molecule has 1 saturated heterocycles. The first kappa shape index (κ1) is 40.8. The molecule has 1 fully saturated rings. The highest BCUT2D eigenvalue weighted by Crippen LogP contribution is 2.38. The third-order valence-corrected chi connectivity index (χ3v) is 8.00. The molecule has 0 aliphatic carbocycles. The van der Waals surface area contributed by atoms with Crippen LogP contribution in [0.5, 0.6) is 5.75 Å². The Kier molecular flexibility index (Phi) is 13.6. The van der Waals surface area contributed by atoms with Gasteiger partial charge in [0.1, 0.15) is 30.5 Å². The number of benzene rings is 3. The first-order chi connectivity index (χ1) is 25.0. The highest BCUT2D eigenvalue weighted by Gasteiger charge is 2.40. The number of rotatable bonds is 12. The number of amides is 3. The number of hydrogen-bond acceptors (Lipinski definition) is 9. The van der Waals surface area contributed by atoms with Crippen LogP contribution in [0, 0.1) is 11.6 Å². The quantitative estimate of drug-likeness (QED) is 0.198. The van der Waals surface area contributed by atoms with E-state index in [4.69, 9.17) is 19.9 Å². The van der Waals surface area contributed by atoms with Gasteiger partial charge in [-0.15, -0.1) is 13.2 Å². The summed E-state index contributed by atoms with van der Waals surface area (Å²) in [5, 5.41) is 4.58. The number of nitrogens with one attached hydrogen (secondary N) is 2. The molecule has 4 atom stereocenters. The molecule has 0 saturated carbocycles. The fourth-order valence-electron chi connectivity index (χ4n) is 5.57. The number of hydrogen-bond donors (Lipinski definition) is 3. The lowest BCUT2D eigenvalue weighted by Gasteiger charge is -2.31. The Labute approximate surface area is 297 Å². The van der Waals surface area contributed by atoms with E-state index in [0.717, 1.165) is 31.4 Å². The lowest BCUT2D eigenvalue weighted by atomic mass is 9.84. The van der Waals surface area contributed by atoms with Crippen molar-refractivity contribution in [3.05, 3.63) is 95.1 Å². The predicted molar refractivity (Wildman–Crippen MR) is 171 cm³/mol. The van der Waals surface area contributed by atoms with Gasteiger partial charge in [-0.05, 0) is 48.7 Å². The number of anilines is 1. The normalized spacial score (nSPS) is 17.3. The highest BCUT2D eigenvalue weighted by molar-refractivity contribution is 6.15. The minimum absolute atomic E-state index is 0.0345. The van der Waals surface area contributed by atoms with Crippen LogP contribution in [0.4, 0.5) is 50.4 Å². The Bertz CT molecular complexity index is 1720. The second-order valence-corrected chi connectivity index (χ2v) is 11.7. The fourth-order valence-corrected chi connectivity index (χ4v) is 5.57. The Morgan fingerprint density at radius 2 is 1.70 bits per heavy atom. The maximum absolute atomic E-state index is 15.4.